The van der Waals surface area contributed by atoms with Crippen LogP contribution in [0.25, 0.3) is 0 Å². The normalized spacial score (nSPS) is 16.1. The summed E-state index contributed by atoms with van der Waals surface area (Å²) >= 11 is 5.75. The molecule has 1 saturated carbocycles. The van der Waals surface area contributed by atoms with E-state index in [4.69, 9.17) is 11.6 Å². The third kappa shape index (κ3) is 3.43. The summed E-state index contributed by atoms with van der Waals surface area (Å²) in [5, 5.41) is 4.33. The number of hydrogen-bond acceptors (Lipinski definition) is 3. The zero-order valence-corrected chi connectivity index (χ0v) is 14.7. The summed E-state index contributed by atoms with van der Waals surface area (Å²) < 4.78 is 29.4. The number of aryl methyl sites for hydroxylation is 2. The molecule has 21 heavy (non-hydrogen) atoms. The Kier molecular flexibility index (Phi) is 5.00. The van der Waals surface area contributed by atoms with Crippen molar-refractivity contribution in [3.8, 4) is 0 Å². The van der Waals surface area contributed by atoms with Gasteiger partial charge in [0.2, 0.25) is 10.0 Å². The molecule has 0 unspecified atom stereocenters. The molecule has 7 heteroatoms. The fourth-order valence-electron chi connectivity index (χ4n) is 2.61. The molecule has 2 rings (SSSR count). The van der Waals surface area contributed by atoms with Crippen LogP contribution in [0.4, 0.5) is 0 Å². The average molecular weight is 334 g/mol. The van der Waals surface area contributed by atoms with Gasteiger partial charge in [-0.1, -0.05) is 0 Å². The maximum Gasteiger partial charge on any atom is 0.246 e. The molecular weight excluding hydrogens is 310 g/mol. The lowest BCUT2D eigenvalue weighted by Gasteiger charge is -2.26. The maximum absolute atomic E-state index is 13.0. The molecule has 0 N–H and O–H groups in total. The van der Waals surface area contributed by atoms with E-state index >= 15 is 0 Å². The Bertz CT molecular complexity index is 606. The van der Waals surface area contributed by atoms with Gasteiger partial charge in [0.1, 0.15) is 4.90 Å². The van der Waals surface area contributed by atoms with Gasteiger partial charge in [-0.25, -0.2) is 8.42 Å². The van der Waals surface area contributed by atoms with Crippen LogP contribution in [0.3, 0.4) is 0 Å². The van der Waals surface area contributed by atoms with Crippen molar-refractivity contribution in [2.75, 3.05) is 12.4 Å². The molecule has 1 aliphatic carbocycles. The van der Waals surface area contributed by atoms with Crippen molar-refractivity contribution in [1.82, 2.24) is 14.1 Å². The van der Waals surface area contributed by atoms with E-state index in [-0.39, 0.29) is 6.04 Å². The monoisotopic (exact) mass is 333 g/mol. The SMILES string of the molecule is Cc1nn(CCCl)c(C)c1S(=O)(=O)N(CC1CC1)C(C)C. The van der Waals surface area contributed by atoms with Crippen molar-refractivity contribution in [3.05, 3.63) is 11.4 Å². The van der Waals surface area contributed by atoms with Crippen LogP contribution in [0.15, 0.2) is 4.90 Å². The number of halogens is 1. The van der Waals surface area contributed by atoms with Crippen molar-refractivity contribution in [3.63, 3.8) is 0 Å². The molecule has 1 fully saturated rings. The van der Waals surface area contributed by atoms with Crippen LogP contribution >= 0.6 is 11.6 Å². The summed E-state index contributed by atoms with van der Waals surface area (Å²) in [4.78, 5) is 0.349. The average Bonchev–Trinajstić information content (AvgIpc) is 3.13. The summed E-state index contributed by atoms with van der Waals surface area (Å²) in [5.74, 6) is 0.929. The first-order chi connectivity index (χ1) is 9.78. The van der Waals surface area contributed by atoms with Crippen molar-refractivity contribution in [2.45, 2.75) is 58.0 Å². The molecule has 1 heterocycles. The first kappa shape index (κ1) is 16.8. The Morgan fingerprint density at radius 1 is 1.38 bits per heavy atom. The summed E-state index contributed by atoms with van der Waals surface area (Å²) in [5.41, 5.74) is 1.23. The molecule has 1 aliphatic rings. The topological polar surface area (TPSA) is 55.2 Å². The van der Waals surface area contributed by atoms with Crippen LogP contribution in [0.1, 0.15) is 38.1 Å². The van der Waals surface area contributed by atoms with E-state index < -0.39 is 10.0 Å². The first-order valence-corrected chi connectivity index (χ1v) is 9.38. The van der Waals surface area contributed by atoms with Crippen LogP contribution in [-0.4, -0.2) is 41.0 Å². The number of hydrogen-bond donors (Lipinski definition) is 0. The van der Waals surface area contributed by atoms with E-state index in [2.05, 4.69) is 5.10 Å². The summed E-state index contributed by atoms with van der Waals surface area (Å²) in [7, 11) is -3.51. The number of sulfonamides is 1. The largest absolute Gasteiger partial charge is 0.267 e. The minimum absolute atomic E-state index is 0.0502. The molecule has 5 nitrogen and oxygen atoms in total. The second kappa shape index (κ2) is 6.26. The first-order valence-electron chi connectivity index (χ1n) is 7.40. The standard InChI is InChI=1S/C14H24ClN3O2S/c1-10(2)18(9-13-5-6-13)21(19,20)14-11(3)16-17(8-7-15)12(14)4/h10,13H,5-9H2,1-4H3. The minimum atomic E-state index is -3.51. The molecule has 1 aromatic heterocycles. The Morgan fingerprint density at radius 2 is 2.00 bits per heavy atom. The Labute approximate surface area is 132 Å². The van der Waals surface area contributed by atoms with Gasteiger partial charge in [0, 0.05) is 18.5 Å². The maximum atomic E-state index is 13.0. The van der Waals surface area contributed by atoms with Crippen LogP contribution in [0.2, 0.25) is 0 Å². The Hall–Kier alpha value is -0.590. The highest BCUT2D eigenvalue weighted by Gasteiger charge is 2.36. The van der Waals surface area contributed by atoms with Crippen LogP contribution in [0, 0.1) is 19.8 Å². The predicted octanol–water partition coefficient (Wildman–Crippen LogP) is 2.55. The molecule has 0 bridgehead atoms. The van der Waals surface area contributed by atoms with Crippen molar-refractivity contribution in [1.29, 1.82) is 0 Å². The zero-order chi connectivity index (χ0) is 15.8. The van der Waals surface area contributed by atoms with Crippen LogP contribution < -0.4 is 0 Å². The fraction of sp³-hybridized carbons (Fsp3) is 0.786. The number of rotatable bonds is 7. The molecule has 0 radical (unpaired) electrons. The van der Waals surface area contributed by atoms with Gasteiger partial charge < -0.3 is 0 Å². The molecule has 0 saturated heterocycles. The molecular formula is C14H24ClN3O2S. The second-order valence-electron chi connectivity index (χ2n) is 6.02. The second-order valence-corrected chi connectivity index (χ2v) is 8.23. The molecule has 120 valence electrons. The highest BCUT2D eigenvalue weighted by molar-refractivity contribution is 7.89. The number of alkyl halides is 1. The Morgan fingerprint density at radius 3 is 2.48 bits per heavy atom. The number of aromatic nitrogens is 2. The van der Waals surface area contributed by atoms with Gasteiger partial charge >= 0.3 is 0 Å². The Balaban J connectivity index is 2.41. The lowest BCUT2D eigenvalue weighted by atomic mass is 10.3. The summed E-state index contributed by atoms with van der Waals surface area (Å²) in [6.45, 7) is 8.53. The molecule has 0 aliphatic heterocycles. The van der Waals surface area contributed by atoms with Crippen molar-refractivity contribution in [2.24, 2.45) is 5.92 Å². The molecule has 0 aromatic carbocycles. The predicted molar refractivity (Wildman–Crippen MR) is 84.2 cm³/mol. The van der Waals surface area contributed by atoms with Crippen molar-refractivity contribution < 1.29 is 8.42 Å². The summed E-state index contributed by atoms with van der Waals surface area (Å²) in [6.07, 6.45) is 2.25. The van der Waals surface area contributed by atoms with E-state index in [1.54, 1.807) is 22.8 Å². The van der Waals surface area contributed by atoms with Gasteiger partial charge in [-0.15, -0.1) is 11.6 Å². The van der Waals surface area contributed by atoms with Gasteiger partial charge in [0.15, 0.2) is 0 Å². The molecule has 0 atom stereocenters. The number of nitrogens with zero attached hydrogens (tertiary/aromatic N) is 3. The third-order valence-corrected chi connectivity index (χ3v) is 6.35. The highest BCUT2D eigenvalue weighted by Crippen LogP contribution is 2.33. The summed E-state index contributed by atoms with van der Waals surface area (Å²) in [6, 6.07) is -0.0502. The van der Waals surface area contributed by atoms with E-state index in [1.807, 2.05) is 13.8 Å². The molecule has 0 spiro atoms. The lowest BCUT2D eigenvalue weighted by Crippen LogP contribution is -2.39. The van der Waals surface area contributed by atoms with Gasteiger partial charge in [0.05, 0.1) is 17.9 Å². The van der Waals surface area contributed by atoms with Gasteiger partial charge in [-0.3, -0.25) is 4.68 Å². The van der Waals surface area contributed by atoms with Gasteiger partial charge in [-0.05, 0) is 46.5 Å². The quantitative estimate of drug-likeness (QED) is 0.720. The molecule has 0 amide bonds. The smallest absolute Gasteiger partial charge is 0.246 e. The molecule has 1 aromatic rings. The highest BCUT2D eigenvalue weighted by atomic mass is 35.5. The van der Waals surface area contributed by atoms with E-state index in [9.17, 15) is 8.42 Å². The van der Waals surface area contributed by atoms with E-state index in [1.165, 1.54) is 0 Å². The minimum Gasteiger partial charge on any atom is -0.267 e. The van der Waals surface area contributed by atoms with E-state index in [0.717, 1.165) is 12.8 Å². The zero-order valence-electron chi connectivity index (χ0n) is 13.1. The van der Waals surface area contributed by atoms with Crippen molar-refractivity contribution >= 4 is 21.6 Å². The van der Waals surface area contributed by atoms with E-state index in [0.29, 0.717) is 41.2 Å². The third-order valence-electron chi connectivity index (χ3n) is 3.89. The van der Waals surface area contributed by atoms with Crippen LogP contribution in [0.5, 0.6) is 0 Å². The van der Waals surface area contributed by atoms with Gasteiger partial charge in [-0.2, -0.15) is 9.40 Å². The lowest BCUT2D eigenvalue weighted by molar-refractivity contribution is 0.341. The fourth-order valence-corrected chi connectivity index (χ4v) is 4.86. The van der Waals surface area contributed by atoms with Crippen LogP contribution in [-0.2, 0) is 16.6 Å². The van der Waals surface area contributed by atoms with Gasteiger partial charge in [0.25, 0.3) is 0 Å².